The van der Waals surface area contributed by atoms with Gasteiger partial charge in [-0.05, 0) is 55.8 Å². The fourth-order valence-electron chi connectivity index (χ4n) is 4.00. The van der Waals surface area contributed by atoms with E-state index in [-0.39, 0.29) is 24.0 Å². The van der Waals surface area contributed by atoms with E-state index in [1.165, 1.54) is 9.90 Å². The molecule has 166 valence electrons. The van der Waals surface area contributed by atoms with Gasteiger partial charge in [0, 0.05) is 39.8 Å². The van der Waals surface area contributed by atoms with Crippen molar-refractivity contribution in [2.24, 2.45) is 10.9 Å². The normalized spacial score (nSPS) is 19.9. The summed E-state index contributed by atoms with van der Waals surface area (Å²) in [6.45, 7) is 4.98. The Balaban J connectivity index is 0.00000300. The van der Waals surface area contributed by atoms with Gasteiger partial charge in [0.1, 0.15) is 0 Å². The Kier molecular flexibility index (Phi) is 9.80. The number of thiophene rings is 1. The molecule has 2 aliphatic rings. The van der Waals surface area contributed by atoms with Crippen LogP contribution in [0.15, 0.2) is 22.5 Å². The van der Waals surface area contributed by atoms with Crippen LogP contribution in [-0.4, -0.2) is 81.3 Å². The van der Waals surface area contributed by atoms with Gasteiger partial charge in [-0.1, -0.05) is 0 Å². The number of rotatable bonds is 5. The lowest BCUT2D eigenvalue weighted by atomic mass is 9.93. The highest BCUT2D eigenvalue weighted by atomic mass is 127. The molecule has 0 radical (unpaired) electrons. The number of likely N-dealkylation sites (tertiary alicyclic amines) is 1. The van der Waals surface area contributed by atoms with Gasteiger partial charge in [-0.2, -0.15) is 13.2 Å². The molecule has 0 saturated carbocycles. The van der Waals surface area contributed by atoms with Crippen molar-refractivity contribution in [1.29, 1.82) is 0 Å². The van der Waals surface area contributed by atoms with Crippen molar-refractivity contribution in [3.05, 3.63) is 17.5 Å². The van der Waals surface area contributed by atoms with Crippen LogP contribution in [0.3, 0.4) is 0 Å². The summed E-state index contributed by atoms with van der Waals surface area (Å²) in [5, 5.41) is 6.88. The Hall–Kier alpha value is -0.750. The van der Waals surface area contributed by atoms with E-state index in [1.807, 2.05) is 7.05 Å². The molecule has 0 spiro atoms. The summed E-state index contributed by atoms with van der Waals surface area (Å²) in [4.78, 5) is 10.6. The standard InChI is InChI=1S/C19H30F3N5S.HI/c1-23-18(27-12-10-26(11-13-27)17-3-2-14-28-17)24-7-4-16-5-8-25(9-6-16)15-19(20,21)22;/h2-3,14,16H,4-13,15H2,1H3,(H,23,24);1H. The number of guanidine groups is 1. The van der Waals surface area contributed by atoms with E-state index in [1.54, 1.807) is 11.3 Å². The molecule has 3 heterocycles. The molecule has 0 unspecified atom stereocenters. The van der Waals surface area contributed by atoms with Crippen LogP contribution < -0.4 is 10.2 Å². The third-order valence-corrected chi connectivity index (χ3v) is 6.48. The first-order chi connectivity index (χ1) is 13.4. The quantitative estimate of drug-likeness (QED) is 0.348. The summed E-state index contributed by atoms with van der Waals surface area (Å²) in [7, 11) is 1.81. The number of hydrogen-bond acceptors (Lipinski definition) is 4. The van der Waals surface area contributed by atoms with Gasteiger partial charge >= 0.3 is 6.18 Å². The second-order valence-electron chi connectivity index (χ2n) is 7.52. The smallest absolute Gasteiger partial charge is 0.360 e. The third-order valence-electron chi connectivity index (χ3n) is 5.55. The van der Waals surface area contributed by atoms with Crippen molar-refractivity contribution in [1.82, 2.24) is 15.1 Å². The molecular weight excluding hydrogens is 514 g/mol. The molecular formula is C19H31F3IN5S. The van der Waals surface area contributed by atoms with E-state index in [2.05, 4.69) is 37.6 Å². The van der Waals surface area contributed by atoms with Gasteiger partial charge in [-0.3, -0.25) is 9.89 Å². The van der Waals surface area contributed by atoms with Gasteiger partial charge in [0.15, 0.2) is 5.96 Å². The average molecular weight is 545 g/mol. The SMILES string of the molecule is CN=C(NCCC1CCN(CC(F)(F)F)CC1)N1CCN(c2cccs2)CC1.I. The third kappa shape index (κ3) is 7.78. The number of halogens is 4. The fourth-order valence-corrected chi connectivity index (χ4v) is 4.78. The fraction of sp³-hybridized carbons (Fsp3) is 0.737. The van der Waals surface area contributed by atoms with Crippen LogP contribution in [0.5, 0.6) is 0 Å². The molecule has 0 atom stereocenters. The van der Waals surface area contributed by atoms with Gasteiger partial charge in [-0.15, -0.1) is 35.3 Å². The molecule has 10 heteroatoms. The predicted molar refractivity (Wildman–Crippen MR) is 125 cm³/mol. The van der Waals surface area contributed by atoms with E-state index in [4.69, 9.17) is 0 Å². The van der Waals surface area contributed by atoms with E-state index >= 15 is 0 Å². The van der Waals surface area contributed by atoms with Crippen LogP contribution in [0.1, 0.15) is 19.3 Å². The second-order valence-corrected chi connectivity index (χ2v) is 8.45. The molecule has 0 amide bonds. The van der Waals surface area contributed by atoms with E-state index in [0.717, 1.165) is 57.9 Å². The number of nitrogens with one attached hydrogen (secondary N) is 1. The van der Waals surface area contributed by atoms with Gasteiger partial charge < -0.3 is 15.1 Å². The Morgan fingerprint density at radius 3 is 2.41 bits per heavy atom. The van der Waals surface area contributed by atoms with Crippen molar-refractivity contribution in [2.75, 3.05) is 64.3 Å². The lowest BCUT2D eigenvalue weighted by Gasteiger charge is -2.37. The number of piperidine rings is 1. The lowest BCUT2D eigenvalue weighted by molar-refractivity contribution is -0.148. The van der Waals surface area contributed by atoms with Crippen LogP contribution in [0.25, 0.3) is 0 Å². The molecule has 29 heavy (non-hydrogen) atoms. The monoisotopic (exact) mass is 545 g/mol. The van der Waals surface area contributed by atoms with Gasteiger partial charge in [0.25, 0.3) is 0 Å². The van der Waals surface area contributed by atoms with Crippen LogP contribution in [0.4, 0.5) is 18.2 Å². The zero-order valence-electron chi connectivity index (χ0n) is 16.8. The summed E-state index contributed by atoms with van der Waals surface area (Å²) in [6, 6.07) is 4.24. The Morgan fingerprint density at radius 2 is 1.86 bits per heavy atom. The largest absolute Gasteiger partial charge is 0.401 e. The second kappa shape index (κ2) is 11.6. The van der Waals surface area contributed by atoms with E-state index < -0.39 is 12.7 Å². The Bertz CT molecular complexity index is 610. The van der Waals surface area contributed by atoms with Crippen LogP contribution in [0, 0.1) is 5.92 Å². The van der Waals surface area contributed by atoms with Gasteiger partial charge in [0.2, 0.25) is 0 Å². The number of hydrogen-bond donors (Lipinski definition) is 1. The average Bonchev–Trinajstić information content (AvgIpc) is 3.20. The first-order valence-electron chi connectivity index (χ1n) is 9.98. The Morgan fingerprint density at radius 1 is 1.17 bits per heavy atom. The number of nitrogens with zero attached hydrogens (tertiary/aromatic N) is 4. The zero-order valence-corrected chi connectivity index (χ0v) is 20.0. The van der Waals surface area contributed by atoms with Gasteiger partial charge in [-0.25, -0.2) is 0 Å². The molecule has 2 aliphatic heterocycles. The van der Waals surface area contributed by atoms with Crippen LogP contribution in [-0.2, 0) is 0 Å². The van der Waals surface area contributed by atoms with E-state index in [9.17, 15) is 13.2 Å². The van der Waals surface area contributed by atoms with E-state index in [0.29, 0.717) is 19.0 Å². The molecule has 0 bridgehead atoms. The van der Waals surface area contributed by atoms with Crippen molar-refractivity contribution >= 4 is 46.3 Å². The minimum absolute atomic E-state index is 0. The summed E-state index contributed by atoms with van der Waals surface area (Å²) in [6.07, 6.45) is -1.42. The lowest BCUT2D eigenvalue weighted by Crippen LogP contribution is -2.52. The van der Waals surface area contributed by atoms with Crippen molar-refractivity contribution in [3.63, 3.8) is 0 Å². The molecule has 2 fully saturated rings. The number of aliphatic imine (C=N–C) groups is 1. The maximum atomic E-state index is 12.5. The Labute approximate surface area is 192 Å². The number of alkyl halides is 3. The molecule has 0 aliphatic carbocycles. The topological polar surface area (TPSA) is 34.1 Å². The van der Waals surface area contributed by atoms with Crippen LogP contribution >= 0.6 is 35.3 Å². The molecule has 1 aromatic rings. The maximum Gasteiger partial charge on any atom is 0.401 e. The highest BCUT2D eigenvalue weighted by Gasteiger charge is 2.32. The highest BCUT2D eigenvalue weighted by Crippen LogP contribution is 2.24. The first kappa shape index (κ1) is 24.5. The summed E-state index contributed by atoms with van der Waals surface area (Å²) >= 11 is 1.77. The van der Waals surface area contributed by atoms with Crippen molar-refractivity contribution in [3.8, 4) is 0 Å². The molecule has 1 aromatic heterocycles. The zero-order chi connectivity index (χ0) is 20.0. The molecule has 3 rings (SSSR count). The molecule has 2 saturated heterocycles. The first-order valence-corrected chi connectivity index (χ1v) is 10.9. The van der Waals surface area contributed by atoms with Gasteiger partial charge in [0.05, 0.1) is 11.5 Å². The number of piperazine rings is 1. The maximum absolute atomic E-state index is 12.5. The molecule has 1 N–H and O–H groups in total. The molecule has 5 nitrogen and oxygen atoms in total. The minimum atomic E-state index is -4.09. The highest BCUT2D eigenvalue weighted by molar-refractivity contribution is 14.0. The van der Waals surface area contributed by atoms with Crippen molar-refractivity contribution < 1.29 is 13.2 Å². The predicted octanol–water partition coefficient (Wildman–Crippen LogP) is 3.73. The number of anilines is 1. The summed E-state index contributed by atoms with van der Waals surface area (Å²) in [5.41, 5.74) is 0. The van der Waals surface area contributed by atoms with Crippen LogP contribution in [0.2, 0.25) is 0 Å². The summed E-state index contributed by atoms with van der Waals surface area (Å²) < 4.78 is 37.4. The molecule has 0 aromatic carbocycles. The summed E-state index contributed by atoms with van der Waals surface area (Å²) in [5.74, 6) is 1.42. The minimum Gasteiger partial charge on any atom is -0.360 e. The van der Waals surface area contributed by atoms with Crippen molar-refractivity contribution in [2.45, 2.75) is 25.4 Å².